The van der Waals surface area contributed by atoms with Crippen molar-refractivity contribution < 1.29 is 26.7 Å². The van der Waals surface area contributed by atoms with Crippen molar-refractivity contribution in [3.63, 3.8) is 0 Å². The monoisotopic (exact) mass is 443 g/mol. The molecule has 0 radical (unpaired) electrons. The van der Waals surface area contributed by atoms with E-state index in [0.717, 1.165) is 24.2 Å². The molecule has 0 spiro atoms. The summed E-state index contributed by atoms with van der Waals surface area (Å²) in [5, 5.41) is 8.00. The lowest BCUT2D eigenvalue weighted by Crippen LogP contribution is -2.29. The fraction of sp³-hybridized carbons (Fsp3) is 0.294. The lowest BCUT2D eigenvalue weighted by Gasteiger charge is -2.30. The molecule has 0 unspecified atom stereocenters. The van der Waals surface area contributed by atoms with Crippen LogP contribution in [0.5, 0.6) is 5.75 Å². The first kappa shape index (κ1) is 17.9. The number of rotatable bonds is 4. The third kappa shape index (κ3) is 4.10. The van der Waals surface area contributed by atoms with Gasteiger partial charge in [0, 0.05) is 12.2 Å². The molecule has 0 aliphatic carbocycles. The zero-order valence-electron chi connectivity index (χ0n) is 13.8. The van der Waals surface area contributed by atoms with Gasteiger partial charge in [0.25, 0.3) is 5.89 Å². The Morgan fingerprint density at radius 1 is 1.15 bits per heavy atom. The maximum Gasteiger partial charge on any atom is 0.573 e. The van der Waals surface area contributed by atoms with E-state index in [9.17, 15) is 13.2 Å². The van der Waals surface area contributed by atoms with E-state index < -0.39 is 6.36 Å². The van der Waals surface area contributed by atoms with Crippen molar-refractivity contribution >= 4 is 21.6 Å². The number of furan rings is 1. The SMILES string of the molecule is FC(F)(F)Oc1ccc2c(c1)CCCN2Cc1nnc(-c2ccc(Br)o2)o1. The maximum atomic E-state index is 12.4. The Morgan fingerprint density at radius 2 is 2.00 bits per heavy atom. The minimum atomic E-state index is -4.70. The molecule has 10 heteroatoms. The van der Waals surface area contributed by atoms with Gasteiger partial charge in [0.15, 0.2) is 10.4 Å². The van der Waals surface area contributed by atoms with Gasteiger partial charge in [-0.25, -0.2) is 0 Å². The van der Waals surface area contributed by atoms with E-state index in [0.29, 0.717) is 29.3 Å². The van der Waals surface area contributed by atoms with Gasteiger partial charge in [-0.1, -0.05) is 0 Å². The molecule has 27 heavy (non-hydrogen) atoms. The summed E-state index contributed by atoms with van der Waals surface area (Å²) in [7, 11) is 0. The summed E-state index contributed by atoms with van der Waals surface area (Å²) in [5.74, 6) is 0.892. The molecular formula is C17H13BrF3N3O3. The molecule has 1 aliphatic rings. The van der Waals surface area contributed by atoms with Gasteiger partial charge in [-0.2, -0.15) is 0 Å². The van der Waals surface area contributed by atoms with Gasteiger partial charge >= 0.3 is 6.36 Å². The Balaban J connectivity index is 1.52. The quantitative estimate of drug-likeness (QED) is 0.568. The van der Waals surface area contributed by atoms with Crippen molar-refractivity contribution in [3.05, 3.63) is 46.5 Å². The van der Waals surface area contributed by atoms with E-state index in [1.54, 1.807) is 18.2 Å². The van der Waals surface area contributed by atoms with Crippen LogP contribution in [-0.2, 0) is 13.0 Å². The van der Waals surface area contributed by atoms with E-state index in [-0.39, 0.29) is 11.6 Å². The molecular weight excluding hydrogens is 431 g/mol. The first-order chi connectivity index (χ1) is 12.9. The normalized spacial score (nSPS) is 14.3. The number of halogens is 4. The Labute approximate surface area is 160 Å². The lowest BCUT2D eigenvalue weighted by atomic mass is 10.0. The molecule has 4 rings (SSSR count). The van der Waals surface area contributed by atoms with E-state index in [1.807, 2.05) is 4.90 Å². The number of aromatic nitrogens is 2. The molecule has 3 aromatic rings. The van der Waals surface area contributed by atoms with Crippen LogP contribution < -0.4 is 9.64 Å². The third-order valence-electron chi connectivity index (χ3n) is 4.08. The predicted molar refractivity (Wildman–Crippen MR) is 92.2 cm³/mol. The number of hydrogen-bond acceptors (Lipinski definition) is 6. The minimum absolute atomic E-state index is 0.216. The van der Waals surface area contributed by atoms with Crippen LogP contribution in [0.2, 0.25) is 0 Å². The highest BCUT2D eigenvalue weighted by atomic mass is 79.9. The van der Waals surface area contributed by atoms with Crippen molar-refractivity contribution in [2.24, 2.45) is 0 Å². The van der Waals surface area contributed by atoms with Gasteiger partial charge < -0.3 is 18.5 Å². The predicted octanol–water partition coefficient (Wildman–Crippen LogP) is 4.94. The topological polar surface area (TPSA) is 64.5 Å². The maximum absolute atomic E-state index is 12.4. The highest BCUT2D eigenvalue weighted by Crippen LogP contribution is 2.33. The fourth-order valence-electron chi connectivity index (χ4n) is 3.02. The van der Waals surface area contributed by atoms with Crippen molar-refractivity contribution in [2.75, 3.05) is 11.4 Å². The van der Waals surface area contributed by atoms with Gasteiger partial charge in [0.1, 0.15) is 5.75 Å². The molecule has 0 amide bonds. The smallest absolute Gasteiger partial charge is 0.444 e. The van der Waals surface area contributed by atoms with Gasteiger partial charge in [-0.05, 0) is 64.7 Å². The number of fused-ring (bicyclic) bond motifs is 1. The summed E-state index contributed by atoms with van der Waals surface area (Å²) in [6.45, 7) is 1.08. The van der Waals surface area contributed by atoms with Crippen LogP contribution in [0.1, 0.15) is 17.9 Å². The summed E-state index contributed by atoms with van der Waals surface area (Å²) in [5.41, 5.74) is 1.62. The molecule has 2 aromatic heterocycles. The molecule has 0 N–H and O–H groups in total. The molecule has 1 aromatic carbocycles. The second-order valence-corrected chi connectivity index (χ2v) is 6.75. The van der Waals surface area contributed by atoms with E-state index in [4.69, 9.17) is 8.83 Å². The fourth-order valence-corrected chi connectivity index (χ4v) is 3.33. The summed E-state index contributed by atoms with van der Waals surface area (Å²) in [6.07, 6.45) is -3.23. The first-order valence-electron chi connectivity index (χ1n) is 8.09. The zero-order chi connectivity index (χ0) is 19.0. The van der Waals surface area contributed by atoms with Crippen LogP contribution in [0, 0.1) is 0 Å². The van der Waals surface area contributed by atoms with Crippen molar-refractivity contribution in [1.29, 1.82) is 0 Å². The minimum Gasteiger partial charge on any atom is -0.444 e. The number of alkyl halides is 3. The van der Waals surface area contributed by atoms with E-state index in [2.05, 4.69) is 30.9 Å². The highest BCUT2D eigenvalue weighted by Gasteiger charge is 2.31. The molecule has 0 saturated carbocycles. The van der Waals surface area contributed by atoms with Crippen molar-refractivity contribution in [1.82, 2.24) is 10.2 Å². The van der Waals surface area contributed by atoms with Crippen LogP contribution in [0.3, 0.4) is 0 Å². The molecule has 0 fully saturated rings. The van der Waals surface area contributed by atoms with E-state index >= 15 is 0 Å². The number of anilines is 1. The second kappa shape index (κ2) is 6.91. The van der Waals surface area contributed by atoms with Gasteiger partial charge in [-0.3, -0.25) is 0 Å². The third-order valence-corrected chi connectivity index (χ3v) is 4.50. The molecule has 0 atom stereocenters. The number of aryl methyl sites for hydroxylation is 1. The number of benzene rings is 1. The second-order valence-electron chi connectivity index (χ2n) is 5.97. The van der Waals surface area contributed by atoms with Crippen LogP contribution in [0.15, 0.2) is 43.8 Å². The van der Waals surface area contributed by atoms with Gasteiger partial charge in [0.05, 0.1) is 6.54 Å². The molecule has 0 saturated heterocycles. The molecule has 3 heterocycles. The summed E-state index contributed by atoms with van der Waals surface area (Å²) < 4.78 is 52.8. The molecule has 1 aliphatic heterocycles. The largest absolute Gasteiger partial charge is 0.573 e. The zero-order valence-corrected chi connectivity index (χ0v) is 15.4. The Morgan fingerprint density at radius 3 is 2.74 bits per heavy atom. The number of ether oxygens (including phenoxy) is 1. The highest BCUT2D eigenvalue weighted by molar-refractivity contribution is 9.10. The van der Waals surface area contributed by atoms with Crippen LogP contribution >= 0.6 is 15.9 Å². The summed E-state index contributed by atoms with van der Waals surface area (Å²) in [6, 6.07) is 7.79. The van der Waals surface area contributed by atoms with Gasteiger partial charge in [0.2, 0.25) is 5.89 Å². The van der Waals surface area contributed by atoms with Crippen LogP contribution in [0.4, 0.5) is 18.9 Å². The Hall–Kier alpha value is -2.49. The Kier molecular flexibility index (Phi) is 4.58. The number of hydrogen-bond donors (Lipinski definition) is 0. The van der Waals surface area contributed by atoms with Crippen LogP contribution in [0.25, 0.3) is 11.7 Å². The van der Waals surface area contributed by atoms with Crippen LogP contribution in [-0.4, -0.2) is 23.1 Å². The standard InChI is InChI=1S/C17H13BrF3N3O3/c18-14-6-5-13(25-14)16-23-22-15(26-16)9-24-7-1-2-10-8-11(3-4-12(10)24)27-17(19,20)21/h3-6,8H,1-2,7,9H2. The number of nitrogens with zero attached hydrogens (tertiary/aromatic N) is 3. The molecule has 0 bridgehead atoms. The molecule has 142 valence electrons. The first-order valence-corrected chi connectivity index (χ1v) is 8.88. The van der Waals surface area contributed by atoms with Crippen molar-refractivity contribution in [3.8, 4) is 17.4 Å². The van der Waals surface area contributed by atoms with E-state index in [1.165, 1.54) is 12.1 Å². The average Bonchev–Trinajstić information content (AvgIpc) is 3.22. The lowest BCUT2D eigenvalue weighted by molar-refractivity contribution is -0.274. The average molecular weight is 444 g/mol. The van der Waals surface area contributed by atoms with Crippen molar-refractivity contribution in [2.45, 2.75) is 25.7 Å². The Bertz CT molecular complexity index is 954. The summed E-state index contributed by atoms with van der Waals surface area (Å²) >= 11 is 3.21. The molecule has 6 nitrogen and oxygen atoms in total. The van der Waals surface area contributed by atoms with Gasteiger partial charge in [-0.15, -0.1) is 23.4 Å². The summed E-state index contributed by atoms with van der Waals surface area (Å²) in [4.78, 5) is 1.99.